The van der Waals surface area contributed by atoms with Crippen molar-refractivity contribution in [3.05, 3.63) is 60.2 Å². The SMILES string of the molecule is Cc1nc2cnc3[nH]ccc3c2n1C1CCN(Cc2ccccc2)CC1(F)F. The zero-order valence-corrected chi connectivity index (χ0v) is 15.6. The summed E-state index contributed by atoms with van der Waals surface area (Å²) in [5.41, 5.74) is 3.15. The van der Waals surface area contributed by atoms with Crippen molar-refractivity contribution in [1.29, 1.82) is 0 Å². The molecule has 0 saturated carbocycles. The maximum absolute atomic E-state index is 15.3. The number of piperidine rings is 1. The molecule has 4 heterocycles. The molecular weight excluding hydrogens is 360 g/mol. The van der Waals surface area contributed by atoms with Crippen LogP contribution in [0.5, 0.6) is 0 Å². The number of fused-ring (bicyclic) bond motifs is 3. The topological polar surface area (TPSA) is 49.7 Å². The maximum atomic E-state index is 15.3. The first kappa shape index (κ1) is 17.3. The maximum Gasteiger partial charge on any atom is 0.280 e. The molecule has 1 aliphatic heterocycles. The summed E-state index contributed by atoms with van der Waals surface area (Å²) in [6.45, 7) is 2.70. The molecule has 0 radical (unpaired) electrons. The standard InChI is InChI=1S/C21H21F2N5/c1-14-26-17-11-25-20-16(7-9-24-20)19(17)28(14)18-8-10-27(13-21(18,22)23)12-15-5-3-2-4-6-15/h2-7,9,11,18H,8,10,12-13H2,1H3,(H,24,25). The third-order valence-corrected chi connectivity index (χ3v) is 5.61. The van der Waals surface area contributed by atoms with E-state index in [0.29, 0.717) is 36.5 Å². The highest BCUT2D eigenvalue weighted by Gasteiger charge is 2.46. The Labute approximate surface area is 161 Å². The van der Waals surface area contributed by atoms with E-state index in [-0.39, 0.29) is 6.54 Å². The van der Waals surface area contributed by atoms with E-state index in [1.165, 1.54) is 0 Å². The van der Waals surface area contributed by atoms with Crippen LogP contribution in [0.3, 0.4) is 0 Å². The lowest BCUT2D eigenvalue weighted by Gasteiger charge is -2.39. The first-order valence-corrected chi connectivity index (χ1v) is 9.48. The molecule has 0 amide bonds. The Hall–Kier alpha value is -2.80. The molecular formula is C21H21F2N5. The predicted molar refractivity (Wildman–Crippen MR) is 104 cm³/mol. The number of likely N-dealkylation sites (tertiary alicyclic amines) is 1. The minimum absolute atomic E-state index is 0.257. The van der Waals surface area contributed by atoms with Crippen LogP contribution in [-0.4, -0.2) is 43.4 Å². The van der Waals surface area contributed by atoms with E-state index in [9.17, 15) is 0 Å². The van der Waals surface area contributed by atoms with Gasteiger partial charge in [0.25, 0.3) is 5.92 Å². The fourth-order valence-corrected chi connectivity index (χ4v) is 4.38. The molecule has 7 heteroatoms. The number of aromatic amines is 1. The molecule has 1 unspecified atom stereocenters. The lowest BCUT2D eigenvalue weighted by molar-refractivity contribution is -0.105. The Morgan fingerprint density at radius 3 is 2.82 bits per heavy atom. The summed E-state index contributed by atoms with van der Waals surface area (Å²) in [7, 11) is 0. The van der Waals surface area contributed by atoms with Crippen LogP contribution in [0.25, 0.3) is 22.1 Å². The van der Waals surface area contributed by atoms with Gasteiger partial charge in [0.15, 0.2) is 0 Å². The fraction of sp³-hybridized carbons (Fsp3) is 0.333. The lowest BCUT2D eigenvalue weighted by atomic mass is 9.99. The number of rotatable bonds is 3. The Bertz CT molecular complexity index is 1130. The molecule has 3 aromatic heterocycles. The molecule has 1 aromatic carbocycles. The number of imidazole rings is 1. The molecule has 1 fully saturated rings. The third kappa shape index (κ3) is 2.77. The lowest BCUT2D eigenvalue weighted by Crippen LogP contribution is -2.49. The summed E-state index contributed by atoms with van der Waals surface area (Å²) in [6, 6.07) is 10.7. The second-order valence-electron chi connectivity index (χ2n) is 7.52. The average molecular weight is 381 g/mol. The number of alkyl halides is 2. The van der Waals surface area contributed by atoms with Gasteiger partial charge in [0.05, 0.1) is 18.3 Å². The number of hydrogen-bond donors (Lipinski definition) is 1. The molecule has 1 aliphatic rings. The van der Waals surface area contributed by atoms with Gasteiger partial charge in [-0.05, 0) is 25.0 Å². The number of pyridine rings is 1. The average Bonchev–Trinajstić information content (AvgIpc) is 3.25. The number of aryl methyl sites for hydroxylation is 1. The van der Waals surface area contributed by atoms with Gasteiger partial charge in [-0.25, -0.2) is 18.7 Å². The van der Waals surface area contributed by atoms with Crippen molar-refractivity contribution in [3.63, 3.8) is 0 Å². The first-order chi connectivity index (χ1) is 13.5. The highest BCUT2D eigenvalue weighted by Crippen LogP contribution is 2.40. The fourth-order valence-electron chi connectivity index (χ4n) is 4.38. The van der Waals surface area contributed by atoms with Gasteiger partial charge >= 0.3 is 0 Å². The largest absolute Gasteiger partial charge is 0.346 e. The second kappa shape index (κ2) is 6.38. The van der Waals surface area contributed by atoms with Gasteiger partial charge < -0.3 is 9.55 Å². The number of nitrogens with one attached hydrogen (secondary N) is 1. The zero-order chi connectivity index (χ0) is 19.3. The van der Waals surface area contributed by atoms with E-state index in [4.69, 9.17) is 0 Å². The highest BCUT2D eigenvalue weighted by atomic mass is 19.3. The summed E-state index contributed by atoms with van der Waals surface area (Å²) in [4.78, 5) is 13.7. The molecule has 1 N–H and O–H groups in total. The van der Waals surface area contributed by atoms with Crippen molar-refractivity contribution in [3.8, 4) is 0 Å². The van der Waals surface area contributed by atoms with Crippen LogP contribution in [0.1, 0.15) is 23.9 Å². The van der Waals surface area contributed by atoms with E-state index in [1.807, 2.05) is 41.3 Å². The number of nitrogens with zero attached hydrogens (tertiary/aromatic N) is 4. The normalized spacial score (nSPS) is 20.2. The summed E-state index contributed by atoms with van der Waals surface area (Å²) < 4.78 is 32.3. The van der Waals surface area contributed by atoms with Gasteiger partial charge in [-0.1, -0.05) is 30.3 Å². The molecule has 0 spiro atoms. The summed E-state index contributed by atoms with van der Waals surface area (Å²) >= 11 is 0. The zero-order valence-electron chi connectivity index (χ0n) is 15.6. The van der Waals surface area contributed by atoms with Crippen LogP contribution in [-0.2, 0) is 6.54 Å². The van der Waals surface area contributed by atoms with Crippen LogP contribution in [0.15, 0.2) is 48.8 Å². The van der Waals surface area contributed by atoms with Crippen LogP contribution in [0.2, 0.25) is 0 Å². The molecule has 1 atom stereocenters. The Morgan fingerprint density at radius 2 is 2.04 bits per heavy atom. The van der Waals surface area contributed by atoms with E-state index in [0.717, 1.165) is 16.5 Å². The summed E-state index contributed by atoms with van der Waals surface area (Å²) in [5, 5.41) is 0.834. The molecule has 0 bridgehead atoms. The molecule has 144 valence electrons. The second-order valence-corrected chi connectivity index (χ2v) is 7.52. The number of benzene rings is 1. The molecule has 4 aromatic rings. The van der Waals surface area contributed by atoms with Crippen molar-refractivity contribution in [2.45, 2.75) is 31.9 Å². The van der Waals surface area contributed by atoms with Crippen molar-refractivity contribution in [2.24, 2.45) is 0 Å². The van der Waals surface area contributed by atoms with Gasteiger partial charge in [0, 0.05) is 24.7 Å². The van der Waals surface area contributed by atoms with E-state index >= 15 is 8.78 Å². The molecule has 5 rings (SSSR count). The van der Waals surface area contributed by atoms with Crippen molar-refractivity contribution >= 4 is 22.1 Å². The molecule has 5 nitrogen and oxygen atoms in total. The van der Waals surface area contributed by atoms with E-state index in [1.54, 1.807) is 23.9 Å². The number of halogens is 2. The van der Waals surface area contributed by atoms with Crippen LogP contribution in [0.4, 0.5) is 8.78 Å². The molecule has 28 heavy (non-hydrogen) atoms. The van der Waals surface area contributed by atoms with Gasteiger partial charge in [0.1, 0.15) is 23.0 Å². The van der Waals surface area contributed by atoms with Crippen LogP contribution >= 0.6 is 0 Å². The van der Waals surface area contributed by atoms with E-state index < -0.39 is 12.0 Å². The van der Waals surface area contributed by atoms with Crippen molar-refractivity contribution in [2.75, 3.05) is 13.1 Å². The van der Waals surface area contributed by atoms with Gasteiger partial charge in [-0.2, -0.15) is 0 Å². The molecule has 1 saturated heterocycles. The van der Waals surface area contributed by atoms with Crippen molar-refractivity contribution in [1.82, 2.24) is 24.4 Å². The predicted octanol–water partition coefficient (Wildman–Crippen LogP) is 4.30. The number of H-pyrrole nitrogens is 1. The van der Waals surface area contributed by atoms with E-state index in [2.05, 4.69) is 15.0 Å². The third-order valence-electron chi connectivity index (χ3n) is 5.61. The Morgan fingerprint density at radius 1 is 1.21 bits per heavy atom. The Kier molecular flexibility index (Phi) is 3.94. The minimum atomic E-state index is -2.85. The van der Waals surface area contributed by atoms with Crippen LogP contribution < -0.4 is 0 Å². The molecule has 0 aliphatic carbocycles. The number of aromatic nitrogens is 4. The highest BCUT2D eigenvalue weighted by molar-refractivity contribution is 6.01. The first-order valence-electron chi connectivity index (χ1n) is 9.48. The summed E-state index contributed by atoms with van der Waals surface area (Å²) in [6.07, 6.45) is 3.81. The smallest absolute Gasteiger partial charge is 0.280 e. The summed E-state index contributed by atoms with van der Waals surface area (Å²) in [5.74, 6) is -2.25. The minimum Gasteiger partial charge on any atom is -0.346 e. The Balaban J connectivity index is 1.50. The van der Waals surface area contributed by atoms with Crippen molar-refractivity contribution < 1.29 is 8.78 Å². The van der Waals surface area contributed by atoms with Gasteiger partial charge in [-0.15, -0.1) is 0 Å². The quantitative estimate of drug-likeness (QED) is 0.576. The van der Waals surface area contributed by atoms with Gasteiger partial charge in [-0.3, -0.25) is 4.90 Å². The van der Waals surface area contributed by atoms with Crippen LogP contribution in [0, 0.1) is 6.92 Å². The van der Waals surface area contributed by atoms with Gasteiger partial charge in [0.2, 0.25) is 0 Å². The number of hydrogen-bond acceptors (Lipinski definition) is 3. The monoisotopic (exact) mass is 381 g/mol.